The standard InChI is InChI=1S/C26H35FN4O5/c1-20(2)25-28-8-10-30(25)9-7-23(32)31-13-16-36-26(18-31,17-24(33)29-11-14-34-15-12-29)19-35-22-5-3-21(27)4-6-22/h3-6,8,10,20H,7,9,11-19H2,1-2H3/t26-/m1/s1. The largest absolute Gasteiger partial charge is 0.490 e. The molecule has 4 rings (SSSR count). The highest BCUT2D eigenvalue weighted by Crippen LogP contribution is 2.26. The number of ether oxygens (including phenoxy) is 3. The van der Waals surface area contributed by atoms with Crippen LogP contribution in [0.4, 0.5) is 4.39 Å². The van der Waals surface area contributed by atoms with Crippen molar-refractivity contribution >= 4 is 11.8 Å². The number of morpholine rings is 2. The van der Waals surface area contributed by atoms with Gasteiger partial charge in [0.25, 0.3) is 0 Å². The van der Waals surface area contributed by atoms with Crippen LogP contribution >= 0.6 is 0 Å². The molecular weight excluding hydrogens is 467 g/mol. The molecule has 0 spiro atoms. The maximum Gasteiger partial charge on any atom is 0.225 e. The van der Waals surface area contributed by atoms with Crippen molar-refractivity contribution in [2.45, 2.75) is 44.8 Å². The number of aromatic nitrogens is 2. The van der Waals surface area contributed by atoms with Gasteiger partial charge in [-0.15, -0.1) is 0 Å². The van der Waals surface area contributed by atoms with Crippen LogP contribution in [0.5, 0.6) is 5.75 Å². The molecule has 196 valence electrons. The number of hydrogen-bond donors (Lipinski definition) is 0. The highest BCUT2D eigenvalue weighted by Gasteiger charge is 2.42. The lowest BCUT2D eigenvalue weighted by atomic mass is 9.96. The average molecular weight is 503 g/mol. The van der Waals surface area contributed by atoms with Crippen LogP contribution in [0.3, 0.4) is 0 Å². The van der Waals surface area contributed by atoms with Crippen LogP contribution in [0.25, 0.3) is 0 Å². The van der Waals surface area contributed by atoms with E-state index in [-0.39, 0.29) is 43.1 Å². The van der Waals surface area contributed by atoms with Crippen LogP contribution < -0.4 is 4.74 Å². The number of halogens is 1. The predicted molar refractivity (Wildman–Crippen MR) is 130 cm³/mol. The Kier molecular flexibility index (Phi) is 8.58. The zero-order chi connectivity index (χ0) is 25.5. The van der Waals surface area contributed by atoms with Crippen LogP contribution in [0.1, 0.15) is 38.4 Å². The van der Waals surface area contributed by atoms with Gasteiger partial charge in [0.2, 0.25) is 11.8 Å². The van der Waals surface area contributed by atoms with Gasteiger partial charge in [-0.2, -0.15) is 0 Å². The van der Waals surface area contributed by atoms with Gasteiger partial charge in [0.15, 0.2) is 0 Å². The van der Waals surface area contributed by atoms with Gasteiger partial charge in [0.05, 0.1) is 32.8 Å². The molecule has 0 saturated carbocycles. The Bertz CT molecular complexity index is 1020. The molecule has 1 aromatic carbocycles. The number of carbonyl (C=O) groups is 2. The van der Waals surface area contributed by atoms with Gasteiger partial charge in [-0.1, -0.05) is 13.8 Å². The molecule has 2 fully saturated rings. The van der Waals surface area contributed by atoms with Gasteiger partial charge in [0.1, 0.15) is 29.6 Å². The third-order valence-electron chi connectivity index (χ3n) is 6.58. The van der Waals surface area contributed by atoms with Crippen molar-refractivity contribution in [1.82, 2.24) is 19.4 Å². The van der Waals surface area contributed by atoms with Crippen molar-refractivity contribution in [3.8, 4) is 5.75 Å². The summed E-state index contributed by atoms with van der Waals surface area (Å²) in [5.41, 5.74) is -1.00. The van der Waals surface area contributed by atoms with Crippen LogP contribution in [-0.4, -0.2) is 89.4 Å². The quantitative estimate of drug-likeness (QED) is 0.524. The SMILES string of the molecule is CC(C)c1nccn1CCC(=O)N1CCO[C@](COc2ccc(F)cc2)(CC(=O)N2CCOCC2)C1. The highest BCUT2D eigenvalue weighted by molar-refractivity contribution is 5.79. The van der Waals surface area contributed by atoms with Gasteiger partial charge in [0, 0.05) is 50.9 Å². The molecule has 0 radical (unpaired) electrons. The predicted octanol–water partition coefficient (Wildman–Crippen LogP) is 2.46. The van der Waals surface area contributed by atoms with E-state index in [9.17, 15) is 14.0 Å². The molecule has 1 atom stereocenters. The minimum atomic E-state index is -1.00. The Morgan fingerprint density at radius 2 is 1.81 bits per heavy atom. The molecule has 2 saturated heterocycles. The monoisotopic (exact) mass is 502 g/mol. The molecule has 36 heavy (non-hydrogen) atoms. The normalized spacial score (nSPS) is 20.6. The molecular formula is C26H35FN4O5. The van der Waals surface area contributed by atoms with E-state index in [4.69, 9.17) is 14.2 Å². The number of amides is 2. The first-order chi connectivity index (χ1) is 17.3. The van der Waals surface area contributed by atoms with E-state index in [0.29, 0.717) is 58.2 Å². The molecule has 0 aliphatic carbocycles. The highest BCUT2D eigenvalue weighted by atomic mass is 19.1. The molecule has 0 unspecified atom stereocenters. The van der Waals surface area contributed by atoms with Crippen molar-refractivity contribution in [2.24, 2.45) is 0 Å². The van der Waals surface area contributed by atoms with Crippen molar-refractivity contribution in [3.05, 3.63) is 48.3 Å². The minimum Gasteiger partial charge on any atom is -0.490 e. The van der Waals surface area contributed by atoms with Gasteiger partial charge >= 0.3 is 0 Å². The molecule has 0 bridgehead atoms. The van der Waals surface area contributed by atoms with Gasteiger partial charge in [-0.3, -0.25) is 9.59 Å². The summed E-state index contributed by atoms with van der Waals surface area (Å²) in [6.07, 6.45) is 4.05. The van der Waals surface area contributed by atoms with Crippen LogP contribution in [0, 0.1) is 5.82 Å². The van der Waals surface area contributed by atoms with E-state index in [1.165, 1.54) is 24.3 Å². The summed E-state index contributed by atoms with van der Waals surface area (Å²) in [7, 11) is 0. The number of benzene rings is 1. The first-order valence-electron chi connectivity index (χ1n) is 12.5. The number of aryl methyl sites for hydroxylation is 1. The second-order valence-corrected chi connectivity index (χ2v) is 9.64. The van der Waals surface area contributed by atoms with Crippen molar-refractivity contribution in [1.29, 1.82) is 0 Å². The van der Waals surface area contributed by atoms with Gasteiger partial charge in [-0.25, -0.2) is 9.37 Å². The van der Waals surface area contributed by atoms with E-state index >= 15 is 0 Å². The number of carbonyl (C=O) groups excluding carboxylic acids is 2. The smallest absolute Gasteiger partial charge is 0.225 e. The topological polar surface area (TPSA) is 86.1 Å². The number of nitrogens with zero attached hydrogens (tertiary/aromatic N) is 4. The Hall–Kier alpha value is -2.98. The molecule has 2 amide bonds. The third kappa shape index (κ3) is 6.61. The van der Waals surface area contributed by atoms with Gasteiger partial charge in [-0.05, 0) is 24.3 Å². The van der Waals surface area contributed by atoms with Crippen LogP contribution in [0.15, 0.2) is 36.7 Å². The van der Waals surface area contributed by atoms with Crippen molar-refractivity contribution in [2.75, 3.05) is 52.6 Å². The summed E-state index contributed by atoms with van der Waals surface area (Å²) < 4.78 is 32.8. The molecule has 1 aromatic heterocycles. The van der Waals surface area contributed by atoms with Crippen LogP contribution in [-0.2, 0) is 25.6 Å². The van der Waals surface area contributed by atoms with E-state index in [1.54, 1.807) is 16.0 Å². The van der Waals surface area contributed by atoms with E-state index in [0.717, 1.165) is 5.82 Å². The maximum absolute atomic E-state index is 13.3. The fourth-order valence-electron chi connectivity index (χ4n) is 4.63. The second kappa shape index (κ2) is 11.8. The Labute approximate surface area is 211 Å². The number of imidazole rings is 1. The molecule has 9 nitrogen and oxygen atoms in total. The molecule has 2 aliphatic heterocycles. The summed E-state index contributed by atoms with van der Waals surface area (Å²) in [5.74, 6) is 1.26. The van der Waals surface area contributed by atoms with Crippen molar-refractivity contribution < 1.29 is 28.2 Å². The lowest BCUT2D eigenvalue weighted by Crippen LogP contribution is -2.58. The Balaban J connectivity index is 1.44. The van der Waals surface area contributed by atoms with Gasteiger partial charge < -0.3 is 28.6 Å². The zero-order valence-electron chi connectivity index (χ0n) is 21.0. The summed E-state index contributed by atoms with van der Waals surface area (Å²) in [6, 6.07) is 5.71. The van der Waals surface area contributed by atoms with Crippen molar-refractivity contribution in [3.63, 3.8) is 0 Å². The lowest BCUT2D eigenvalue weighted by molar-refractivity contribution is -0.167. The fraction of sp³-hybridized carbons (Fsp3) is 0.577. The summed E-state index contributed by atoms with van der Waals surface area (Å²) in [6.45, 7) is 7.80. The van der Waals surface area contributed by atoms with E-state index in [1.807, 2.05) is 10.8 Å². The maximum atomic E-state index is 13.3. The molecule has 0 N–H and O–H groups in total. The number of rotatable bonds is 9. The average Bonchev–Trinajstić information content (AvgIpc) is 3.37. The molecule has 2 aliphatic rings. The van der Waals surface area contributed by atoms with E-state index in [2.05, 4.69) is 18.8 Å². The number of hydrogen-bond acceptors (Lipinski definition) is 6. The fourth-order valence-corrected chi connectivity index (χ4v) is 4.63. The molecule has 2 aromatic rings. The molecule has 3 heterocycles. The first-order valence-corrected chi connectivity index (χ1v) is 12.5. The second-order valence-electron chi connectivity index (χ2n) is 9.64. The first kappa shape index (κ1) is 26.1. The Morgan fingerprint density at radius 1 is 1.08 bits per heavy atom. The zero-order valence-corrected chi connectivity index (χ0v) is 21.0. The summed E-state index contributed by atoms with van der Waals surface area (Å²) >= 11 is 0. The summed E-state index contributed by atoms with van der Waals surface area (Å²) in [5, 5.41) is 0. The third-order valence-corrected chi connectivity index (χ3v) is 6.58. The Morgan fingerprint density at radius 3 is 2.53 bits per heavy atom. The minimum absolute atomic E-state index is 0.00770. The molecule has 10 heteroatoms. The van der Waals surface area contributed by atoms with E-state index < -0.39 is 5.60 Å². The van der Waals surface area contributed by atoms with Crippen LogP contribution in [0.2, 0.25) is 0 Å². The lowest BCUT2D eigenvalue weighted by Gasteiger charge is -2.43. The summed E-state index contributed by atoms with van der Waals surface area (Å²) in [4.78, 5) is 34.3.